The van der Waals surface area contributed by atoms with Crippen LogP contribution in [-0.2, 0) is 17.5 Å². The molecule has 0 unspecified atom stereocenters. The van der Waals surface area contributed by atoms with Crippen LogP contribution in [-0.4, -0.2) is 85.9 Å². The molecule has 1 saturated carbocycles. The molecule has 3 aromatic heterocycles. The molecule has 48 heavy (non-hydrogen) atoms. The molecule has 1 aromatic carbocycles. The largest absolute Gasteiger partial charge is 0.480 e. The van der Waals surface area contributed by atoms with E-state index in [9.17, 15) is 13.2 Å². The van der Waals surface area contributed by atoms with Gasteiger partial charge in [-0.25, -0.2) is 19.9 Å². The summed E-state index contributed by atoms with van der Waals surface area (Å²) in [6.07, 6.45) is 0.0878. The number of alkyl halides is 3. The van der Waals surface area contributed by atoms with Crippen LogP contribution in [0, 0.1) is 18.8 Å². The molecule has 0 atom stereocenters. The van der Waals surface area contributed by atoms with Gasteiger partial charge in [0.1, 0.15) is 23.5 Å². The quantitative estimate of drug-likeness (QED) is 0.207. The molecule has 0 amide bonds. The monoisotopic (exact) mass is 661 g/mol. The van der Waals surface area contributed by atoms with Crippen LogP contribution in [0.25, 0.3) is 22.8 Å². The molecule has 11 nitrogen and oxygen atoms in total. The molecule has 1 saturated heterocycles. The number of hydrogen-bond acceptors (Lipinski definition) is 10. The highest BCUT2D eigenvalue weighted by Gasteiger charge is 2.35. The SMILES string of the molecule is COc1ncnc(C2CC2)c1-c1nc(C)nc(N(CC#CCN2CCOCC2)Cc2ccc(-c3nc(C(F)(F)F)cn3C(C)C)cc2)n1. The zero-order valence-electron chi connectivity index (χ0n) is 27.5. The van der Waals surface area contributed by atoms with E-state index in [2.05, 4.69) is 36.7 Å². The lowest BCUT2D eigenvalue weighted by Gasteiger charge is -2.24. The van der Waals surface area contributed by atoms with Crippen molar-refractivity contribution >= 4 is 5.95 Å². The van der Waals surface area contributed by atoms with E-state index in [0.29, 0.717) is 73.4 Å². The predicted molar refractivity (Wildman–Crippen MR) is 173 cm³/mol. The number of hydrogen-bond donors (Lipinski definition) is 0. The number of nitrogens with zero attached hydrogens (tertiary/aromatic N) is 9. The summed E-state index contributed by atoms with van der Waals surface area (Å²) in [5.41, 5.74) is 2.09. The Hall–Kier alpha value is -4.61. The van der Waals surface area contributed by atoms with E-state index in [0.717, 1.165) is 43.4 Å². The molecule has 0 N–H and O–H groups in total. The van der Waals surface area contributed by atoms with Crippen LogP contribution in [0.2, 0.25) is 0 Å². The Morgan fingerprint density at radius 1 is 1.02 bits per heavy atom. The number of anilines is 1. The molecule has 14 heteroatoms. The Morgan fingerprint density at radius 2 is 1.77 bits per heavy atom. The molecule has 2 fully saturated rings. The molecule has 0 spiro atoms. The smallest absolute Gasteiger partial charge is 0.434 e. The third-order valence-electron chi connectivity index (χ3n) is 8.21. The first kappa shape index (κ1) is 33.3. The number of ether oxygens (including phenoxy) is 2. The minimum Gasteiger partial charge on any atom is -0.480 e. The van der Waals surface area contributed by atoms with E-state index in [1.54, 1.807) is 23.8 Å². The van der Waals surface area contributed by atoms with Gasteiger partial charge in [-0.05, 0) is 39.2 Å². The van der Waals surface area contributed by atoms with Crippen molar-refractivity contribution in [3.05, 3.63) is 59.6 Å². The second-order valence-corrected chi connectivity index (χ2v) is 12.2. The zero-order chi connectivity index (χ0) is 33.8. The minimum atomic E-state index is -4.53. The maximum absolute atomic E-state index is 13.5. The Morgan fingerprint density at radius 3 is 2.44 bits per heavy atom. The number of methoxy groups -OCH3 is 1. The van der Waals surface area contributed by atoms with E-state index in [4.69, 9.17) is 19.4 Å². The highest BCUT2D eigenvalue weighted by Crippen LogP contribution is 2.45. The normalized spacial score (nSPS) is 15.3. The van der Waals surface area contributed by atoms with Gasteiger partial charge in [0.05, 0.1) is 39.1 Å². The summed E-state index contributed by atoms with van der Waals surface area (Å²) < 4.78 is 53.1. The van der Waals surface area contributed by atoms with Gasteiger partial charge in [0.15, 0.2) is 11.5 Å². The summed E-state index contributed by atoms with van der Waals surface area (Å²) >= 11 is 0. The number of aryl methyl sites for hydroxylation is 1. The highest BCUT2D eigenvalue weighted by molar-refractivity contribution is 5.67. The van der Waals surface area contributed by atoms with E-state index in [1.165, 1.54) is 6.33 Å². The van der Waals surface area contributed by atoms with E-state index in [-0.39, 0.29) is 11.9 Å². The Bertz CT molecular complexity index is 1790. The number of morpholine rings is 1. The van der Waals surface area contributed by atoms with Crippen molar-refractivity contribution in [3.8, 4) is 40.5 Å². The van der Waals surface area contributed by atoms with Crippen molar-refractivity contribution in [1.82, 2.24) is 39.4 Å². The fourth-order valence-electron chi connectivity index (χ4n) is 5.53. The first-order chi connectivity index (χ1) is 23.1. The third kappa shape index (κ3) is 7.74. The topological polar surface area (TPSA) is 107 Å². The van der Waals surface area contributed by atoms with Crippen molar-refractivity contribution in [1.29, 1.82) is 0 Å². The molecule has 0 radical (unpaired) electrons. The lowest BCUT2D eigenvalue weighted by atomic mass is 10.1. The molecule has 2 aliphatic rings. The average Bonchev–Trinajstić information content (AvgIpc) is 3.82. The van der Waals surface area contributed by atoms with Crippen molar-refractivity contribution < 1.29 is 22.6 Å². The van der Waals surface area contributed by atoms with Gasteiger partial charge < -0.3 is 18.9 Å². The van der Waals surface area contributed by atoms with Crippen molar-refractivity contribution in [2.24, 2.45) is 0 Å². The molecule has 4 aromatic rings. The number of benzene rings is 1. The standard InChI is InChI=1S/C34H38F3N9O2/c1-22(2)46-20-27(34(35,36)37)42-31(46)26-9-7-24(8-10-26)19-45(14-6-5-13-44-15-17-48-18-16-44)33-41-23(3)40-30(43-33)28-29(25-11-12-25)38-21-39-32(28)47-4/h7-10,20-22,25H,11-19H2,1-4H3. The summed E-state index contributed by atoms with van der Waals surface area (Å²) in [6, 6.07) is 7.13. The molecular formula is C34H38F3N9O2. The van der Waals surface area contributed by atoms with Gasteiger partial charge >= 0.3 is 6.18 Å². The first-order valence-electron chi connectivity index (χ1n) is 16.0. The number of aromatic nitrogens is 7. The Kier molecular flexibility index (Phi) is 9.88. The van der Waals surface area contributed by atoms with Crippen LogP contribution >= 0.6 is 0 Å². The molecule has 1 aliphatic carbocycles. The van der Waals surface area contributed by atoms with Crippen molar-refractivity contribution in [3.63, 3.8) is 0 Å². The van der Waals surface area contributed by atoms with E-state index in [1.807, 2.05) is 37.8 Å². The van der Waals surface area contributed by atoms with Crippen molar-refractivity contribution in [2.75, 3.05) is 51.4 Å². The van der Waals surface area contributed by atoms with Gasteiger partial charge in [0.25, 0.3) is 0 Å². The molecule has 252 valence electrons. The van der Waals surface area contributed by atoms with E-state index >= 15 is 0 Å². The number of rotatable bonds is 10. The Labute approximate surface area is 277 Å². The summed E-state index contributed by atoms with van der Waals surface area (Å²) in [5, 5.41) is 0. The van der Waals surface area contributed by atoms with E-state index < -0.39 is 11.9 Å². The molecular weight excluding hydrogens is 623 g/mol. The van der Waals surface area contributed by atoms with Crippen LogP contribution in [0.15, 0.2) is 36.8 Å². The minimum absolute atomic E-state index is 0.204. The number of imidazole rings is 1. The summed E-state index contributed by atoms with van der Waals surface area (Å²) in [5.74, 6) is 8.92. The van der Waals surface area contributed by atoms with Crippen molar-refractivity contribution in [2.45, 2.75) is 58.3 Å². The maximum Gasteiger partial charge on any atom is 0.434 e. The lowest BCUT2D eigenvalue weighted by Crippen LogP contribution is -2.36. The maximum atomic E-state index is 13.5. The predicted octanol–water partition coefficient (Wildman–Crippen LogP) is 5.33. The van der Waals surface area contributed by atoms with Crippen LogP contribution in [0.1, 0.15) is 61.4 Å². The molecule has 4 heterocycles. The van der Waals surface area contributed by atoms with Gasteiger partial charge in [0, 0.05) is 43.4 Å². The Balaban J connectivity index is 1.32. The fourth-order valence-corrected chi connectivity index (χ4v) is 5.53. The van der Waals surface area contributed by atoms with Gasteiger partial charge in [-0.15, -0.1) is 0 Å². The highest BCUT2D eigenvalue weighted by atomic mass is 19.4. The molecule has 1 aliphatic heterocycles. The summed E-state index contributed by atoms with van der Waals surface area (Å²) in [6.45, 7) is 9.88. The van der Waals surface area contributed by atoms with Crippen LogP contribution < -0.4 is 9.64 Å². The second kappa shape index (κ2) is 14.2. The number of halogens is 3. The molecule has 0 bridgehead atoms. The molecule has 6 rings (SSSR count). The summed E-state index contributed by atoms with van der Waals surface area (Å²) in [4.78, 5) is 31.3. The lowest BCUT2D eigenvalue weighted by molar-refractivity contribution is -0.140. The van der Waals surface area contributed by atoms with Crippen LogP contribution in [0.5, 0.6) is 5.88 Å². The second-order valence-electron chi connectivity index (χ2n) is 12.2. The van der Waals surface area contributed by atoms with Gasteiger partial charge in [0.2, 0.25) is 11.8 Å². The zero-order valence-corrected chi connectivity index (χ0v) is 27.5. The average molecular weight is 662 g/mol. The van der Waals surface area contributed by atoms with Gasteiger partial charge in [-0.3, -0.25) is 4.90 Å². The first-order valence-corrected chi connectivity index (χ1v) is 16.0. The van der Waals surface area contributed by atoms with Gasteiger partial charge in [-0.1, -0.05) is 36.1 Å². The van der Waals surface area contributed by atoms with Crippen LogP contribution in [0.3, 0.4) is 0 Å². The van der Waals surface area contributed by atoms with Crippen LogP contribution in [0.4, 0.5) is 19.1 Å². The van der Waals surface area contributed by atoms with Gasteiger partial charge in [-0.2, -0.15) is 23.1 Å². The summed E-state index contributed by atoms with van der Waals surface area (Å²) in [7, 11) is 1.56. The third-order valence-corrected chi connectivity index (χ3v) is 8.21. The fraction of sp³-hybridized carbons (Fsp3) is 0.471.